The molecule has 4 heteroatoms. The van der Waals surface area contributed by atoms with Gasteiger partial charge in [0.2, 0.25) is 0 Å². The van der Waals surface area contributed by atoms with Gasteiger partial charge in [0.05, 0.1) is 6.10 Å². The number of hydrogen-bond donors (Lipinski definition) is 1. The summed E-state index contributed by atoms with van der Waals surface area (Å²) in [6.45, 7) is 4.09. The minimum absolute atomic E-state index is 0.389. The molecule has 2 atom stereocenters. The topological polar surface area (TPSA) is 38.5 Å². The van der Waals surface area contributed by atoms with E-state index >= 15 is 0 Å². The van der Waals surface area contributed by atoms with Crippen molar-refractivity contribution in [3.05, 3.63) is 28.8 Å². The molecule has 0 saturated carbocycles. The molecule has 0 aromatic heterocycles. The van der Waals surface area contributed by atoms with Crippen LogP contribution in [0.5, 0.6) is 0 Å². The van der Waals surface area contributed by atoms with Crippen molar-refractivity contribution in [1.29, 1.82) is 0 Å². The Kier molecular flexibility index (Phi) is 4.49. The maximum atomic E-state index is 6.22. The Hall–Kier alpha value is -0.770. The van der Waals surface area contributed by atoms with Crippen molar-refractivity contribution >= 4 is 17.3 Å². The number of nitrogen functional groups attached to an aromatic ring is 1. The van der Waals surface area contributed by atoms with Gasteiger partial charge in [-0.3, -0.25) is 4.90 Å². The van der Waals surface area contributed by atoms with E-state index < -0.39 is 0 Å². The molecule has 1 heterocycles. The first kappa shape index (κ1) is 13.7. The molecule has 0 spiro atoms. The second kappa shape index (κ2) is 5.91. The number of rotatable bonds is 3. The molecule has 1 aliphatic rings. The van der Waals surface area contributed by atoms with Crippen LogP contribution in [0.25, 0.3) is 0 Å². The van der Waals surface area contributed by atoms with E-state index in [1.165, 1.54) is 0 Å². The minimum atomic E-state index is 0.389. The van der Waals surface area contributed by atoms with Crippen molar-refractivity contribution in [3.63, 3.8) is 0 Å². The highest BCUT2D eigenvalue weighted by molar-refractivity contribution is 6.31. The maximum Gasteiger partial charge on any atom is 0.0598 e. The Morgan fingerprint density at radius 1 is 1.50 bits per heavy atom. The minimum Gasteiger partial charge on any atom is -0.398 e. The fourth-order valence-corrected chi connectivity index (χ4v) is 2.81. The van der Waals surface area contributed by atoms with Crippen LogP contribution in [0.1, 0.15) is 25.3 Å². The SMILES string of the molecule is COC1CCN(Cc2c(N)cccc2Cl)C(C)C1. The highest BCUT2D eigenvalue weighted by Crippen LogP contribution is 2.27. The third-order valence-corrected chi connectivity index (χ3v) is 4.17. The van der Waals surface area contributed by atoms with Crippen molar-refractivity contribution in [2.75, 3.05) is 19.4 Å². The van der Waals surface area contributed by atoms with E-state index in [1.54, 1.807) is 7.11 Å². The molecule has 2 rings (SSSR count). The van der Waals surface area contributed by atoms with Gasteiger partial charge in [-0.2, -0.15) is 0 Å². The zero-order chi connectivity index (χ0) is 13.1. The first-order valence-electron chi connectivity index (χ1n) is 6.41. The second-order valence-corrected chi connectivity index (χ2v) is 5.42. The number of likely N-dealkylation sites (tertiary alicyclic amines) is 1. The average Bonchev–Trinajstić information content (AvgIpc) is 2.35. The summed E-state index contributed by atoms with van der Waals surface area (Å²) in [7, 11) is 1.79. The maximum absolute atomic E-state index is 6.22. The lowest BCUT2D eigenvalue weighted by Gasteiger charge is -2.37. The van der Waals surface area contributed by atoms with Gasteiger partial charge in [-0.25, -0.2) is 0 Å². The Labute approximate surface area is 114 Å². The summed E-state index contributed by atoms with van der Waals surface area (Å²) < 4.78 is 5.43. The Morgan fingerprint density at radius 3 is 2.89 bits per heavy atom. The van der Waals surface area contributed by atoms with Gasteiger partial charge in [-0.1, -0.05) is 17.7 Å². The summed E-state index contributed by atoms with van der Waals surface area (Å²) in [5.41, 5.74) is 7.83. The van der Waals surface area contributed by atoms with E-state index in [2.05, 4.69) is 11.8 Å². The molecule has 2 N–H and O–H groups in total. The quantitative estimate of drug-likeness (QED) is 0.857. The van der Waals surface area contributed by atoms with Crippen molar-refractivity contribution in [2.24, 2.45) is 0 Å². The molecule has 2 unspecified atom stereocenters. The smallest absolute Gasteiger partial charge is 0.0598 e. The number of nitrogens with zero attached hydrogens (tertiary/aromatic N) is 1. The van der Waals surface area contributed by atoms with Crippen LogP contribution in [0, 0.1) is 0 Å². The van der Waals surface area contributed by atoms with Crippen LogP contribution in [0.4, 0.5) is 5.69 Å². The number of ether oxygens (including phenoxy) is 1. The Morgan fingerprint density at radius 2 is 2.28 bits per heavy atom. The second-order valence-electron chi connectivity index (χ2n) is 5.01. The zero-order valence-electron chi connectivity index (χ0n) is 11.0. The number of anilines is 1. The van der Waals surface area contributed by atoms with Gasteiger partial charge < -0.3 is 10.5 Å². The molecule has 0 radical (unpaired) electrons. The number of hydrogen-bond acceptors (Lipinski definition) is 3. The molecule has 1 aromatic rings. The van der Waals surface area contributed by atoms with E-state index in [0.29, 0.717) is 12.1 Å². The van der Waals surface area contributed by atoms with Crippen molar-refractivity contribution in [2.45, 2.75) is 38.5 Å². The van der Waals surface area contributed by atoms with E-state index in [0.717, 1.165) is 42.2 Å². The molecule has 0 bridgehead atoms. The van der Waals surface area contributed by atoms with Crippen LogP contribution in [0.3, 0.4) is 0 Å². The average molecular weight is 269 g/mol. The predicted octanol–water partition coefficient (Wildman–Crippen LogP) is 2.92. The van der Waals surface area contributed by atoms with Gasteiger partial charge in [-0.05, 0) is 31.9 Å². The van der Waals surface area contributed by atoms with Crippen molar-refractivity contribution in [3.8, 4) is 0 Å². The van der Waals surface area contributed by atoms with Crippen molar-refractivity contribution in [1.82, 2.24) is 4.90 Å². The van der Waals surface area contributed by atoms with Crippen LogP contribution >= 0.6 is 11.6 Å². The molecule has 1 fully saturated rings. The van der Waals surface area contributed by atoms with Gasteiger partial charge in [-0.15, -0.1) is 0 Å². The van der Waals surface area contributed by atoms with Crippen LogP contribution in [0.15, 0.2) is 18.2 Å². The first-order valence-corrected chi connectivity index (χ1v) is 6.79. The summed E-state index contributed by atoms with van der Waals surface area (Å²) in [5.74, 6) is 0. The summed E-state index contributed by atoms with van der Waals surface area (Å²) in [4.78, 5) is 2.42. The molecule has 100 valence electrons. The van der Waals surface area contributed by atoms with E-state index in [1.807, 2.05) is 18.2 Å². The fraction of sp³-hybridized carbons (Fsp3) is 0.571. The van der Waals surface area contributed by atoms with Crippen LogP contribution in [-0.4, -0.2) is 30.7 Å². The molecule has 3 nitrogen and oxygen atoms in total. The third-order valence-electron chi connectivity index (χ3n) is 3.82. The lowest BCUT2D eigenvalue weighted by atomic mass is 9.99. The van der Waals surface area contributed by atoms with Crippen LogP contribution < -0.4 is 5.73 Å². The molecule has 0 aliphatic carbocycles. The van der Waals surface area contributed by atoms with Crippen molar-refractivity contribution < 1.29 is 4.74 Å². The number of halogens is 1. The lowest BCUT2D eigenvalue weighted by Crippen LogP contribution is -2.42. The summed E-state index contributed by atoms with van der Waals surface area (Å²) in [6, 6.07) is 6.20. The molecule has 0 amide bonds. The molecule has 1 saturated heterocycles. The normalized spacial score (nSPS) is 25.3. The largest absolute Gasteiger partial charge is 0.398 e. The Balaban J connectivity index is 2.06. The summed E-state index contributed by atoms with van der Waals surface area (Å²) >= 11 is 6.22. The van der Waals surface area contributed by atoms with Crippen LogP contribution in [0.2, 0.25) is 5.02 Å². The van der Waals surface area contributed by atoms with Crippen LogP contribution in [-0.2, 0) is 11.3 Å². The standard InChI is InChI=1S/C14H21ClN2O/c1-10-8-11(18-2)6-7-17(10)9-12-13(15)4-3-5-14(12)16/h3-5,10-11H,6-9,16H2,1-2H3. The fourth-order valence-electron chi connectivity index (χ4n) is 2.57. The highest BCUT2D eigenvalue weighted by atomic mass is 35.5. The zero-order valence-corrected chi connectivity index (χ0v) is 11.8. The van der Waals surface area contributed by atoms with E-state index in [9.17, 15) is 0 Å². The van der Waals surface area contributed by atoms with Gasteiger partial charge in [0.25, 0.3) is 0 Å². The first-order chi connectivity index (χ1) is 8.61. The summed E-state index contributed by atoms with van der Waals surface area (Å²) in [6.07, 6.45) is 2.53. The van der Waals surface area contributed by atoms with E-state index in [4.69, 9.17) is 22.1 Å². The number of piperidine rings is 1. The van der Waals surface area contributed by atoms with Gasteiger partial charge in [0.1, 0.15) is 0 Å². The monoisotopic (exact) mass is 268 g/mol. The van der Waals surface area contributed by atoms with E-state index in [-0.39, 0.29) is 0 Å². The number of benzene rings is 1. The Bertz CT molecular complexity index is 391. The summed E-state index contributed by atoms with van der Waals surface area (Å²) in [5, 5.41) is 0.760. The molecular formula is C14H21ClN2O. The highest BCUT2D eigenvalue weighted by Gasteiger charge is 2.26. The molecular weight excluding hydrogens is 248 g/mol. The predicted molar refractivity (Wildman–Crippen MR) is 75.8 cm³/mol. The molecule has 1 aliphatic heterocycles. The van der Waals surface area contributed by atoms with Gasteiger partial charge in [0, 0.05) is 42.5 Å². The van der Waals surface area contributed by atoms with Gasteiger partial charge in [0.15, 0.2) is 0 Å². The molecule has 18 heavy (non-hydrogen) atoms. The number of nitrogens with two attached hydrogens (primary N) is 1. The van der Waals surface area contributed by atoms with Gasteiger partial charge >= 0.3 is 0 Å². The third kappa shape index (κ3) is 2.97. The number of methoxy groups -OCH3 is 1. The molecule has 1 aromatic carbocycles. The lowest BCUT2D eigenvalue weighted by molar-refractivity contribution is 0.0130.